The third-order valence-corrected chi connectivity index (χ3v) is 3.78. The van der Waals surface area contributed by atoms with E-state index in [1.807, 2.05) is 0 Å². The molecule has 2 atom stereocenters. The van der Waals surface area contributed by atoms with Crippen LogP contribution in [0.25, 0.3) is 0 Å². The summed E-state index contributed by atoms with van der Waals surface area (Å²) in [5, 5.41) is 3.57. The second-order valence-electron chi connectivity index (χ2n) is 5.25. The van der Waals surface area contributed by atoms with E-state index in [0.717, 1.165) is 32.7 Å². The summed E-state index contributed by atoms with van der Waals surface area (Å²) in [7, 11) is 0. The predicted molar refractivity (Wildman–Crippen MR) is 74.6 cm³/mol. The summed E-state index contributed by atoms with van der Waals surface area (Å²) in [5.74, 6) is 0.702. The maximum absolute atomic E-state index is 5.71. The van der Waals surface area contributed by atoms with Gasteiger partial charge in [-0.3, -0.25) is 0 Å². The zero-order chi connectivity index (χ0) is 12.8. The molecule has 1 aliphatic rings. The van der Waals surface area contributed by atoms with Gasteiger partial charge in [-0.05, 0) is 36.8 Å². The number of aryl methyl sites for hydroxylation is 1. The van der Waals surface area contributed by atoms with Crippen molar-refractivity contribution in [3.05, 3.63) is 24.0 Å². The zero-order valence-electron chi connectivity index (χ0n) is 11.7. The van der Waals surface area contributed by atoms with Gasteiger partial charge in [0.25, 0.3) is 0 Å². The summed E-state index contributed by atoms with van der Waals surface area (Å²) in [4.78, 5) is 0. The van der Waals surface area contributed by atoms with Crippen molar-refractivity contribution in [1.82, 2.24) is 9.88 Å². The van der Waals surface area contributed by atoms with E-state index in [0.29, 0.717) is 12.0 Å². The molecule has 2 rings (SSSR count). The first kappa shape index (κ1) is 13.6. The summed E-state index contributed by atoms with van der Waals surface area (Å²) in [6, 6.07) is 2.21. The fourth-order valence-corrected chi connectivity index (χ4v) is 2.77. The summed E-state index contributed by atoms with van der Waals surface area (Å²) >= 11 is 0. The molecule has 1 aliphatic heterocycles. The van der Waals surface area contributed by atoms with E-state index in [2.05, 4.69) is 42.2 Å². The lowest BCUT2D eigenvalue weighted by Gasteiger charge is -2.17. The Morgan fingerprint density at radius 3 is 3.11 bits per heavy atom. The average Bonchev–Trinajstić information content (AvgIpc) is 2.99. The van der Waals surface area contributed by atoms with Crippen LogP contribution in [-0.4, -0.2) is 23.8 Å². The van der Waals surface area contributed by atoms with E-state index in [1.54, 1.807) is 0 Å². The quantitative estimate of drug-likeness (QED) is 0.805. The molecule has 0 radical (unpaired) electrons. The molecule has 1 aromatic rings. The van der Waals surface area contributed by atoms with Gasteiger partial charge in [-0.15, -0.1) is 0 Å². The first-order valence-electron chi connectivity index (χ1n) is 7.30. The monoisotopic (exact) mass is 250 g/mol. The molecule has 1 saturated heterocycles. The van der Waals surface area contributed by atoms with Gasteiger partial charge in [-0.1, -0.05) is 13.8 Å². The van der Waals surface area contributed by atoms with Gasteiger partial charge >= 0.3 is 0 Å². The van der Waals surface area contributed by atoms with Crippen LogP contribution in [-0.2, 0) is 17.8 Å². The maximum atomic E-state index is 5.71. The first-order valence-corrected chi connectivity index (χ1v) is 7.30. The van der Waals surface area contributed by atoms with Crippen LogP contribution < -0.4 is 5.32 Å². The SMILES string of the molecule is CCCn1ccc(CNCC2CCOC2CC)c1. The zero-order valence-corrected chi connectivity index (χ0v) is 11.7. The third-order valence-electron chi connectivity index (χ3n) is 3.78. The van der Waals surface area contributed by atoms with Crippen molar-refractivity contribution in [2.24, 2.45) is 5.92 Å². The summed E-state index contributed by atoms with van der Waals surface area (Å²) in [5.41, 5.74) is 1.38. The van der Waals surface area contributed by atoms with Gasteiger partial charge in [0.05, 0.1) is 6.10 Å². The number of hydrogen-bond acceptors (Lipinski definition) is 2. The number of nitrogens with zero attached hydrogens (tertiary/aromatic N) is 1. The van der Waals surface area contributed by atoms with Crippen molar-refractivity contribution < 1.29 is 4.74 Å². The van der Waals surface area contributed by atoms with Crippen LogP contribution in [0.2, 0.25) is 0 Å². The molecule has 0 bridgehead atoms. The Kier molecular flexibility index (Phi) is 5.26. The Hall–Kier alpha value is -0.800. The Labute approximate surface area is 111 Å². The molecule has 0 spiro atoms. The van der Waals surface area contributed by atoms with E-state index in [4.69, 9.17) is 4.74 Å². The molecule has 0 saturated carbocycles. The number of aromatic nitrogens is 1. The highest BCUT2D eigenvalue weighted by Crippen LogP contribution is 2.22. The van der Waals surface area contributed by atoms with Gasteiger partial charge < -0.3 is 14.6 Å². The third kappa shape index (κ3) is 3.59. The number of rotatable bonds is 7. The number of hydrogen-bond donors (Lipinski definition) is 1. The minimum atomic E-state index is 0.474. The minimum Gasteiger partial charge on any atom is -0.378 e. The van der Waals surface area contributed by atoms with Gasteiger partial charge in [0.2, 0.25) is 0 Å². The van der Waals surface area contributed by atoms with Crippen molar-refractivity contribution in [3.63, 3.8) is 0 Å². The smallest absolute Gasteiger partial charge is 0.0613 e. The molecular formula is C15H26N2O. The van der Waals surface area contributed by atoms with E-state index < -0.39 is 0 Å². The van der Waals surface area contributed by atoms with Crippen LogP contribution in [0, 0.1) is 5.92 Å². The van der Waals surface area contributed by atoms with Gasteiger partial charge in [-0.25, -0.2) is 0 Å². The second-order valence-corrected chi connectivity index (χ2v) is 5.25. The molecule has 0 aromatic carbocycles. The van der Waals surface area contributed by atoms with E-state index in [1.165, 1.54) is 18.4 Å². The maximum Gasteiger partial charge on any atom is 0.0613 e. The summed E-state index contributed by atoms with van der Waals surface area (Å²) in [6.45, 7) is 8.55. The fraction of sp³-hybridized carbons (Fsp3) is 0.733. The minimum absolute atomic E-state index is 0.474. The molecule has 0 amide bonds. The highest BCUT2D eigenvalue weighted by Gasteiger charge is 2.25. The Balaban J connectivity index is 1.71. The number of ether oxygens (including phenoxy) is 1. The van der Waals surface area contributed by atoms with Crippen LogP contribution in [0.3, 0.4) is 0 Å². The lowest BCUT2D eigenvalue weighted by Crippen LogP contribution is -2.27. The highest BCUT2D eigenvalue weighted by molar-refractivity contribution is 5.09. The van der Waals surface area contributed by atoms with E-state index >= 15 is 0 Å². The normalized spacial score (nSPS) is 23.7. The topological polar surface area (TPSA) is 26.2 Å². The lowest BCUT2D eigenvalue weighted by molar-refractivity contribution is 0.0872. The summed E-state index contributed by atoms with van der Waals surface area (Å²) in [6.07, 6.45) is 8.44. The van der Waals surface area contributed by atoms with Gasteiger partial charge in [0.1, 0.15) is 0 Å². The Bertz CT molecular complexity index is 348. The molecule has 1 N–H and O–H groups in total. The van der Waals surface area contributed by atoms with Crippen molar-refractivity contribution in [2.75, 3.05) is 13.2 Å². The molecule has 0 aliphatic carbocycles. The average molecular weight is 250 g/mol. The fourth-order valence-electron chi connectivity index (χ4n) is 2.77. The molecule has 102 valence electrons. The summed E-state index contributed by atoms with van der Waals surface area (Å²) < 4.78 is 7.98. The number of nitrogens with one attached hydrogen (secondary N) is 1. The molecule has 18 heavy (non-hydrogen) atoms. The standard InChI is InChI=1S/C15H26N2O/c1-3-7-17-8-5-13(12-17)10-16-11-14-6-9-18-15(14)4-2/h5,8,12,14-16H,3-4,6-7,9-11H2,1-2H3. The predicted octanol–water partition coefficient (Wildman–Crippen LogP) is 2.80. The second kappa shape index (κ2) is 6.95. The van der Waals surface area contributed by atoms with Crippen molar-refractivity contribution in [2.45, 2.75) is 52.3 Å². The molecule has 1 fully saturated rings. The Morgan fingerprint density at radius 2 is 2.33 bits per heavy atom. The first-order chi connectivity index (χ1) is 8.83. The Morgan fingerprint density at radius 1 is 1.44 bits per heavy atom. The molecule has 3 nitrogen and oxygen atoms in total. The van der Waals surface area contributed by atoms with Crippen LogP contribution >= 0.6 is 0 Å². The molecule has 3 heteroatoms. The van der Waals surface area contributed by atoms with Crippen molar-refractivity contribution in [3.8, 4) is 0 Å². The largest absolute Gasteiger partial charge is 0.378 e. The van der Waals surface area contributed by atoms with Crippen LogP contribution in [0.15, 0.2) is 18.5 Å². The molecule has 2 unspecified atom stereocenters. The van der Waals surface area contributed by atoms with E-state index in [-0.39, 0.29) is 0 Å². The van der Waals surface area contributed by atoms with Crippen molar-refractivity contribution in [1.29, 1.82) is 0 Å². The van der Waals surface area contributed by atoms with Gasteiger partial charge in [-0.2, -0.15) is 0 Å². The van der Waals surface area contributed by atoms with Crippen LogP contribution in [0.1, 0.15) is 38.7 Å². The van der Waals surface area contributed by atoms with Crippen LogP contribution in [0.4, 0.5) is 0 Å². The highest BCUT2D eigenvalue weighted by atomic mass is 16.5. The van der Waals surface area contributed by atoms with E-state index in [9.17, 15) is 0 Å². The van der Waals surface area contributed by atoms with Gasteiger partial charge in [0, 0.05) is 38.6 Å². The van der Waals surface area contributed by atoms with Gasteiger partial charge in [0.15, 0.2) is 0 Å². The van der Waals surface area contributed by atoms with Crippen LogP contribution in [0.5, 0.6) is 0 Å². The molecule has 2 heterocycles. The lowest BCUT2D eigenvalue weighted by atomic mass is 10.00. The molecular weight excluding hydrogens is 224 g/mol. The van der Waals surface area contributed by atoms with Crippen molar-refractivity contribution >= 4 is 0 Å². The molecule has 1 aromatic heterocycles.